The van der Waals surface area contributed by atoms with Gasteiger partial charge in [0.05, 0.1) is 5.69 Å². The molecule has 6 aromatic rings. The molecule has 0 N–H and O–H groups in total. The number of pyridine rings is 1. The summed E-state index contributed by atoms with van der Waals surface area (Å²) in [5.74, 6) is 2.52. The molecule has 0 amide bonds. The van der Waals surface area contributed by atoms with Crippen LogP contribution in [0.5, 0.6) is 0 Å². The van der Waals surface area contributed by atoms with Gasteiger partial charge in [-0.05, 0) is 83.8 Å². The number of nitrogens with zero attached hydrogens (tertiary/aromatic N) is 1. The van der Waals surface area contributed by atoms with Crippen LogP contribution in [0.1, 0.15) is 62.8 Å². The van der Waals surface area contributed by atoms with Crippen LogP contribution in [-0.4, -0.2) is 4.98 Å². The van der Waals surface area contributed by atoms with Crippen molar-refractivity contribution in [1.82, 2.24) is 4.98 Å². The Morgan fingerprint density at radius 3 is 2.31 bits per heavy atom. The highest BCUT2D eigenvalue weighted by Crippen LogP contribution is 2.40. The molecule has 0 aliphatic rings. The second-order valence-corrected chi connectivity index (χ2v) is 12.5. The van der Waals surface area contributed by atoms with E-state index in [0.717, 1.165) is 62.6 Å². The molecule has 39 heavy (non-hydrogen) atoms. The smallest absolute Gasteiger partial charge is 0.160 e. The number of furan rings is 2. The number of aryl methyl sites for hydroxylation is 3. The molecular weight excluding hydrogens is 478 g/mol. The van der Waals surface area contributed by atoms with Gasteiger partial charge in [0, 0.05) is 28.5 Å². The Labute approximate surface area is 230 Å². The molecular formula is C36H37NO2. The summed E-state index contributed by atoms with van der Waals surface area (Å²) in [6.45, 7) is 17.6. The first-order chi connectivity index (χ1) is 18.5. The minimum atomic E-state index is 0.000562. The van der Waals surface area contributed by atoms with Crippen LogP contribution in [0.2, 0.25) is 0 Å². The van der Waals surface area contributed by atoms with Crippen LogP contribution in [0.25, 0.3) is 55.2 Å². The van der Waals surface area contributed by atoms with Crippen molar-refractivity contribution in [3.8, 4) is 22.4 Å². The zero-order chi connectivity index (χ0) is 27.6. The van der Waals surface area contributed by atoms with Crippen molar-refractivity contribution in [3.05, 3.63) is 88.9 Å². The molecule has 0 radical (unpaired) electrons. The Morgan fingerprint density at radius 2 is 1.56 bits per heavy atom. The molecule has 0 aliphatic heterocycles. The third-order valence-corrected chi connectivity index (χ3v) is 8.02. The van der Waals surface area contributed by atoms with E-state index in [4.69, 9.17) is 13.8 Å². The van der Waals surface area contributed by atoms with Gasteiger partial charge >= 0.3 is 0 Å². The van der Waals surface area contributed by atoms with Gasteiger partial charge < -0.3 is 8.83 Å². The number of rotatable bonds is 4. The maximum Gasteiger partial charge on any atom is 0.160 e. The molecule has 3 aromatic carbocycles. The van der Waals surface area contributed by atoms with Crippen molar-refractivity contribution in [1.29, 1.82) is 0 Å². The van der Waals surface area contributed by atoms with Crippen molar-refractivity contribution in [2.24, 2.45) is 5.92 Å². The SMILES string of the molecule is Cc1oc2c(-c3ccc4c(C)c(CC(C)C)oc4c3)cc(-c3cc(C(C)(C)C)c4ccccc4c3)nc2c1C. The molecule has 0 atom stereocenters. The minimum absolute atomic E-state index is 0.000562. The fourth-order valence-corrected chi connectivity index (χ4v) is 5.74. The summed E-state index contributed by atoms with van der Waals surface area (Å²) in [4.78, 5) is 5.18. The summed E-state index contributed by atoms with van der Waals surface area (Å²) < 4.78 is 12.7. The fraction of sp³-hybridized carbons (Fsp3) is 0.306. The third kappa shape index (κ3) is 4.34. The van der Waals surface area contributed by atoms with Gasteiger partial charge in [-0.1, -0.05) is 71.0 Å². The minimum Gasteiger partial charge on any atom is -0.461 e. The predicted octanol–water partition coefficient (Wildman–Crippen LogP) is 10.5. The maximum absolute atomic E-state index is 6.38. The van der Waals surface area contributed by atoms with Gasteiger partial charge in [0.15, 0.2) is 5.58 Å². The van der Waals surface area contributed by atoms with Crippen molar-refractivity contribution in [2.75, 3.05) is 0 Å². The van der Waals surface area contributed by atoms with Gasteiger partial charge in [-0.25, -0.2) is 4.98 Å². The molecule has 0 spiro atoms. The molecule has 0 aliphatic carbocycles. The standard InChI is InChI=1S/C36H37NO2/c1-20(2)15-32-22(4)27-14-13-25(18-33(27)39-32)29-19-31(37-34-21(3)23(5)38-35(29)34)26-16-24-11-9-10-12-28(24)30(17-26)36(6,7)8/h9-14,16-20H,15H2,1-8H3. The topological polar surface area (TPSA) is 39.2 Å². The quantitative estimate of drug-likeness (QED) is 0.234. The van der Waals surface area contributed by atoms with E-state index in [0.29, 0.717) is 5.92 Å². The van der Waals surface area contributed by atoms with Gasteiger partial charge in [-0.15, -0.1) is 0 Å². The number of fused-ring (bicyclic) bond motifs is 3. The average molecular weight is 516 g/mol. The highest BCUT2D eigenvalue weighted by atomic mass is 16.3. The highest BCUT2D eigenvalue weighted by Gasteiger charge is 2.22. The van der Waals surface area contributed by atoms with E-state index in [1.54, 1.807) is 0 Å². The number of benzene rings is 3. The summed E-state index contributed by atoms with van der Waals surface area (Å²) in [5.41, 5.74) is 10.5. The normalized spacial score (nSPS) is 12.4. The van der Waals surface area contributed by atoms with Gasteiger partial charge in [-0.3, -0.25) is 0 Å². The van der Waals surface area contributed by atoms with E-state index in [1.165, 1.54) is 27.3 Å². The molecule has 0 unspecified atom stereocenters. The molecule has 0 bridgehead atoms. The Morgan fingerprint density at radius 1 is 0.795 bits per heavy atom. The first kappa shape index (κ1) is 25.4. The lowest BCUT2D eigenvalue weighted by Crippen LogP contribution is -2.12. The van der Waals surface area contributed by atoms with Crippen LogP contribution < -0.4 is 0 Å². The van der Waals surface area contributed by atoms with Gasteiger partial charge in [0.25, 0.3) is 0 Å². The largest absolute Gasteiger partial charge is 0.461 e. The predicted molar refractivity (Wildman–Crippen MR) is 164 cm³/mol. The number of aromatic nitrogens is 1. The van der Waals surface area contributed by atoms with E-state index in [1.807, 2.05) is 6.92 Å². The Balaban J connectivity index is 1.60. The monoisotopic (exact) mass is 515 g/mol. The number of hydrogen-bond donors (Lipinski definition) is 0. The van der Waals surface area contributed by atoms with Gasteiger partial charge in [0.2, 0.25) is 0 Å². The lowest BCUT2D eigenvalue weighted by molar-refractivity contribution is 0.496. The van der Waals surface area contributed by atoms with Crippen LogP contribution in [-0.2, 0) is 11.8 Å². The number of hydrogen-bond acceptors (Lipinski definition) is 3. The molecule has 0 saturated heterocycles. The molecule has 3 nitrogen and oxygen atoms in total. The van der Waals surface area contributed by atoms with E-state index < -0.39 is 0 Å². The maximum atomic E-state index is 6.38. The molecule has 0 fully saturated rings. The Kier molecular flexibility index (Phi) is 5.95. The summed E-state index contributed by atoms with van der Waals surface area (Å²) in [7, 11) is 0. The molecule has 198 valence electrons. The van der Waals surface area contributed by atoms with Crippen molar-refractivity contribution in [2.45, 2.75) is 67.2 Å². The Hall–Kier alpha value is -3.85. The van der Waals surface area contributed by atoms with E-state index in [9.17, 15) is 0 Å². The van der Waals surface area contributed by atoms with Crippen LogP contribution in [0.15, 0.2) is 69.5 Å². The molecule has 6 rings (SSSR count). The van der Waals surface area contributed by atoms with Gasteiger partial charge in [0.1, 0.15) is 22.6 Å². The zero-order valence-corrected chi connectivity index (χ0v) is 24.3. The van der Waals surface area contributed by atoms with E-state index >= 15 is 0 Å². The second-order valence-electron chi connectivity index (χ2n) is 12.5. The lowest BCUT2D eigenvalue weighted by Gasteiger charge is -2.23. The van der Waals surface area contributed by atoms with Crippen molar-refractivity contribution >= 4 is 32.8 Å². The Bertz CT molecular complexity index is 1870. The van der Waals surface area contributed by atoms with Crippen LogP contribution in [0, 0.1) is 26.7 Å². The lowest BCUT2D eigenvalue weighted by atomic mass is 9.82. The molecule has 3 heterocycles. The van der Waals surface area contributed by atoms with E-state index in [2.05, 4.69) is 109 Å². The fourth-order valence-electron chi connectivity index (χ4n) is 5.74. The van der Waals surface area contributed by atoms with Crippen LogP contribution >= 0.6 is 0 Å². The highest BCUT2D eigenvalue weighted by molar-refractivity contribution is 5.98. The zero-order valence-electron chi connectivity index (χ0n) is 24.3. The van der Waals surface area contributed by atoms with Crippen LogP contribution in [0.4, 0.5) is 0 Å². The second kappa shape index (κ2) is 9.12. The first-order valence-electron chi connectivity index (χ1n) is 14.0. The van der Waals surface area contributed by atoms with Crippen LogP contribution in [0.3, 0.4) is 0 Å². The molecule has 3 aromatic heterocycles. The first-order valence-corrected chi connectivity index (χ1v) is 14.0. The molecule has 0 saturated carbocycles. The van der Waals surface area contributed by atoms with Gasteiger partial charge in [-0.2, -0.15) is 0 Å². The van der Waals surface area contributed by atoms with Crippen molar-refractivity contribution < 1.29 is 8.83 Å². The summed E-state index contributed by atoms with van der Waals surface area (Å²) in [5, 5.41) is 3.70. The summed E-state index contributed by atoms with van der Waals surface area (Å²) in [6.07, 6.45) is 0.939. The average Bonchev–Trinajstić information content (AvgIpc) is 3.36. The summed E-state index contributed by atoms with van der Waals surface area (Å²) in [6, 6.07) is 22.0. The summed E-state index contributed by atoms with van der Waals surface area (Å²) >= 11 is 0. The van der Waals surface area contributed by atoms with E-state index in [-0.39, 0.29) is 5.41 Å². The molecule has 3 heteroatoms. The van der Waals surface area contributed by atoms with Crippen molar-refractivity contribution in [3.63, 3.8) is 0 Å². The third-order valence-electron chi connectivity index (χ3n) is 8.02.